The second-order valence-electron chi connectivity index (χ2n) is 10.9. The van der Waals surface area contributed by atoms with E-state index in [2.05, 4.69) is 15.2 Å². The van der Waals surface area contributed by atoms with Crippen molar-refractivity contribution in [3.63, 3.8) is 0 Å². The lowest BCUT2D eigenvalue weighted by atomic mass is 9.93. The summed E-state index contributed by atoms with van der Waals surface area (Å²) in [5.74, 6) is 0.981. The summed E-state index contributed by atoms with van der Waals surface area (Å²) in [6.07, 6.45) is 1.61. The van der Waals surface area contributed by atoms with Crippen LogP contribution in [0.15, 0.2) is 18.3 Å². The number of imidazole rings is 1. The van der Waals surface area contributed by atoms with Gasteiger partial charge in [-0.05, 0) is 39.8 Å². The number of halogens is 2. The maximum absolute atomic E-state index is 15.9. The monoisotopic (exact) mass is 545 g/mol. The molecule has 38 heavy (non-hydrogen) atoms. The minimum atomic E-state index is -1.52. The second kappa shape index (κ2) is 9.76. The van der Waals surface area contributed by atoms with E-state index < -0.39 is 17.4 Å². The van der Waals surface area contributed by atoms with Crippen LogP contribution in [0.2, 0.25) is 5.15 Å². The average molecular weight is 546 g/mol. The van der Waals surface area contributed by atoms with Crippen LogP contribution in [0.25, 0.3) is 16.9 Å². The third kappa shape index (κ3) is 5.16. The Morgan fingerprint density at radius 2 is 2.03 bits per heavy atom. The molecule has 3 aromatic rings. The number of likely N-dealkylation sites (tertiary alicyclic amines) is 1. The molecule has 1 N–H and O–H groups in total. The van der Waals surface area contributed by atoms with Crippen molar-refractivity contribution in [3.05, 3.63) is 29.2 Å². The van der Waals surface area contributed by atoms with E-state index in [0.29, 0.717) is 35.5 Å². The molecular weight excluding hydrogens is 513 g/mol. The van der Waals surface area contributed by atoms with Crippen molar-refractivity contribution in [2.75, 3.05) is 50.1 Å². The van der Waals surface area contributed by atoms with Gasteiger partial charge in [-0.3, -0.25) is 0 Å². The van der Waals surface area contributed by atoms with Gasteiger partial charge in [-0.15, -0.1) is 5.10 Å². The molecule has 5 heterocycles. The van der Waals surface area contributed by atoms with Crippen LogP contribution in [0.4, 0.5) is 20.7 Å². The Kier molecular flexibility index (Phi) is 6.75. The number of piperidine rings is 1. The predicted octanol–water partition coefficient (Wildman–Crippen LogP) is 4.73. The molecule has 5 rings (SSSR count). The van der Waals surface area contributed by atoms with Gasteiger partial charge in [-0.2, -0.15) is 0 Å². The van der Waals surface area contributed by atoms with Crippen molar-refractivity contribution in [1.82, 2.24) is 24.5 Å². The summed E-state index contributed by atoms with van der Waals surface area (Å²) < 4.78 is 29.1. The van der Waals surface area contributed by atoms with Crippen LogP contribution in [0.5, 0.6) is 5.75 Å². The third-order valence-electron chi connectivity index (χ3n) is 6.81. The minimum absolute atomic E-state index is 0.0251. The highest BCUT2D eigenvalue weighted by Crippen LogP contribution is 2.42. The van der Waals surface area contributed by atoms with Crippen LogP contribution >= 0.6 is 11.6 Å². The van der Waals surface area contributed by atoms with Crippen molar-refractivity contribution >= 4 is 34.8 Å². The topological polar surface area (TPSA) is 97.1 Å². The predicted molar refractivity (Wildman–Crippen MR) is 144 cm³/mol. The van der Waals surface area contributed by atoms with E-state index >= 15 is 4.39 Å². The minimum Gasteiger partial charge on any atom is -0.486 e. The van der Waals surface area contributed by atoms with E-state index in [-0.39, 0.29) is 32.5 Å². The smallest absolute Gasteiger partial charge is 0.410 e. The lowest BCUT2D eigenvalue weighted by Gasteiger charge is -2.37. The van der Waals surface area contributed by atoms with Gasteiger partial charge in [0.1, 0.15) is 28.7 Å². The SMILES string of the molecule is Cc1nc2c3c(c(NCC4(F)CCN(C(=O)OC(C)(C)C)CC4)nn2c1-c1ccnc(Cl)c1)OCCN3C. The van der Waals surface area contributed by atoms with Crippen LogP contribution in [-0.2, 0) is 4.74 Å². The molecule has 0 bridgehead atoms. The van der Waals surface area contributed by atoms with Crippen molar-refractivity contribution < 1.29 is 18.7 Å². The lowest BCUT2D eigenvalue weighted by Crippen LogP contribution is -2.48. The largest absolute Gasteiger partial charge is 0.486 e. The van der Waals surface area contributed by atoms with Gasteiger partial charge in [-0.25, -0.2) is 23.7 Å². The molecule has 2 aliphatic rings. The fourth-order valence-electron chi connectivity index (χ4n) is 4.84. The standard InChI is InChI=1S/C26H33ClFN7O3/c1-16-19(17-6-9-29-18(27)14-17)35-23(31-16)20-21(37-13-12-33(20)5)22(32-35)30-15-26(28)7-10-34(11-8-26)24(36)38-25(2,3)4/h6,9,14H,7-8,10-13,15H2,1-5H3,(H,30,32). The van der Waals surface area contributed by atoms with E-state index in [4.69, 9.17) is 31.2 Å². The molecule has 0 spiro atoms. The lowest BCUT2D eigenvalue weighted by molar-refractivity contribution is 0.00574. The van der Waals surface area contributed by atoms with Crippen molar-refractivity contribution in [3.8, 4) is 17.0 Å². The molecular formula is C26H33ClFN7O3. The van der Waals surface area contributed by atoms with Gasteiger partial charge >= 0.3 is 6.09 Å². The average Bonchev–Trinajstić information content (AvgIpc) is 3.17. The fraction of sp³-hybridized carbons (Fsp3) is 0.538. The van der Waals surface area contributed by atoms with E-state index in [1.807, 2.05) is 40.8 Å². The summed E-state index contributed by atoms with van der Waals surface area (Å²) in [6, 6.07) is 3.62. The molecule has 0 radical (unpaired) electrons. The number of ether oxygens (including phenoxy) is 2. The number of carbonyl (C=O) groups is 1. The quantitative estimate of drug-likeness (QED) is 0.470. The summed E-state index contributed by atoms with van der Waals surface area (Å²) in [5, 5.41) is 8.41. The number of nitrogens with zero attached hydrogens (tertiary/aromatic N) is 6. The first-order chi connectivity index (χ1) is 17.9. The molecule has 10 nitrogen and oxygen atoms in total. The van der Waals surface area contributed by atoms with Crippen molar-refractivity contribution in [2.45, 2.75) is 51.8 Å². The van der Waals surface area contributed by atoms with Crippen molar-refractivity contribution in [2.24, 2.45) is 0 Å². The highest BCUT2D eigenvalue weighted by Gasteiger charge is 2.38. The number of alkyl halides is 1. The fourth-order valence-corrected chi connectivity index (χ4v) is 5.01. The Morgan fingerprint density at radius 3 is 2.71 bits per heavy atom. The number of nitrogens with one attached hydrogen (secondary N) is 1. The highest BCUT2D eigenvalue weighted by molar-refractivity contribution is 6.29. The molecule has 204 valence electrons. The summed E-state index contributed by atoms with van der Waals surface area (Å²) in [4.78, 5) is 24.9. The first-order valence-electron chi connectivity index (χ1n) is 12.7. The number of hydrogen-bond donors (Lipinski definition) is 1. The number of aromatic nitrogens is 4. The summed E-state index contributed by atoms with van der Waals surface area (Å²) in [5.41, 5.74) is 1.69. The number of anilines is 2. The number of rotatable bonds is 4. The molecule has 1 saturated heterocycles. The number of aryl methyl sites for hydroxylation is 1. The Bertz CT molecular complexity index is 1370. The Hall–Kier alpha value is -3.34. The zero-order valence-corrected chi connectivity index (χ0v) is 23.1. The number of pyridine rings is 1. The molecule has 0 saturated carbocycles. The molecule has 1 fully saturated rings. The number of carbonyl (C=O) groups excluding carboxylic acids is 1. The maximum atomic E-state index is 15.9. The molecule has 2 aliphatic heterocycles. The highest BCUT2D eigenvalue weighted by atomic mass is 35.5. The zero-order chi connectivity index (χ0) is 27.2. The number of likely N-dealkylation sites (N-methyl/N-ethyl adjacent to an activating group) is 1. The first kappa shape index (κ1) is 26.3. The van der Waals surface area contributed by atoms with E-state index in [9.17, 15) is 4.79 Å². The van der Waals surface area contributed by atoms with Crippen LogP contribution < -0.4 is 15.0 Å². The van der Waals surface area contributed by atoms with Crippen LogP contribution in [-0.4, -0.2) is 81.7 Å². The normalized spacial score (nSPS) is 17.2. The summed E-state index contributed by atoms with van der Waals surface area (Å²) >= 11 is 6.17. The third-order valence-corrected chi connectivity index (χ3v) is 7.02. The van der Waals surface area contributed by atoms with E-state index in [1.54, 1.807) is 21.7 Å². The van der Waals surface area contributed by atoms with Gasteiger partial charge in [-0.1, -0.05) is 11.6 Å². The van der Waals surface area contributed by atoms with E-state index in [1.165, 1.54) is 0 Å². The first-order valence-corrected chi connectivity index (χ1v) is 13.1. The van der Waals surface area contributed by atoms with Gasteiger partial charge in [0.25, 0.3) is 0 Å². The van der Waals surface area contributed by atoms with Crippen molar-refractivity contribution in [1.29, 1.82) is 0 Å². The Morgan fingerprint density at radius 1 is 1.29 bits per heavy atom. The maximum Gasteiger partial charge on any atom is 0.410 e. The van der Waals surface area contributed by atoms with Gasteiger partial charge in [0.15, 0.2) is 17.2 Å². The van der Waals surface area contributed by atoms with Gasteiger partial charge in [0.05, 0.1) is 24.5 Å². The molecule has 0 atom stereocenters. The molecule has 12 heteroatoms. The number of amides is 1. The number of fused-ring (bicyclic) bond motifs is 3. The second-order valence-corrected chi connectivity index (χ2v) is 11.3. The molecule has 1 amide bonds. The van der Waals surface area contributed by atoms with Crippen LogP contribution in [0.1, 0.15) is 39.3 Å². The molecule has 3 aromatic heterocycles. The van der Waals surface area contributed by atoms with Gasteiger partial charge in [0, 0.05) is 44.7 Å². The Labute approximate surface area is 226 Å². The number of hydrogen-bond acceptors (Lipinski definition) is 8. The van der Waals surface area contributed by atoms with E-state index in [0.717, 1.165) is 22.6 Å². The summed E-state index contributed by atoms with van der Waals surface area (Å²) in [6.45, 7) is 9.12. The summed E-state index contributed by atoms with van der Waals surface area (Å²) in [7, 11) is 1.97. The van der Waals surface area contributed by atoms with Crippen LogP contribution in [0, 0.1) is 6.92 Å². The van der Waals surface area contributed by atoms with Gasteiger partial charge < -0.3 is 24.6 Å². The zero-order valence-electron chi connectivity index (χ0n) is 22.3. The Balaban J connectivity index is 1.43. The van der Waals surface area contributed by atoms with Crippen LogP contribution in [0.3, 0.4) is 0 Å². The van der Waals surface area contributed by atoms with Gasteiger partial charge in [0.2, 0.25) is 0 Å². The molecule has 0 aromatic carbocycles. The molecule has 0 unspecified atom stereocenters. The molecule has 0 aliphatic carbocycles.